The van der Waals surface area contributed by atoms with E-state index in [1.807, 2.05) is 0 Å². The molecule has 2 amide bonds. The van der Waals surface area contributed by atoms with Crippen molar-refractivity contribution < 1.29 is 24.0 Å². The van der Waals surface area contributed by atoms with E-state index in [9.17, 15) is 24.5 Å². The highest BCUT2D eigenvalue weighted by atomic mass is 35.5. The van der Waals surface area contributed by atoms with Gasteiger partial charge in [0.2, 0.25) is 0 Å². The van der Waals surface area contributed by atoms with Crippen LogP contribution in [0.2, 0.25) is 5.02 Å². The number of non-ortho nitro benzene ring substituents is 1. The van der Waals surface area contributed by atoms with E-state index in [2.05, 4.69) is 0 Å². The number of imide groups is 1. The molecule has 0 spiro atoms. The summed E-state index contributed by atoms with van der Waals surface area (Å²) in [6, 6.07) is 9.82. The van der Waals surface area contributed by atoms with E-state index in [0.717, 1.165) is 17.0 Å². The normalized spacial score (nSPS) is 12.9. The molecule has 8 nitrogen and oxygen atoms in total. The van der Waals surface area contributed by atoms with Gasteiger partial charge in [-0.15, -0.1) is 0 Å². The zero-order chi connectivity index (χ0) is 18.8. The molecule has 1 aliphatic rings. The molecule has 0 bridgehead atoms. The minimum Gasteiger partial charge on any atom is -0.425 e. The average Bonchev–Trinajstić information content (AvgIpc) is 2.86. The summed E-state index contributed by atoms with van der Waals surface area (Å²) in [5.41, 5.74) is 0.356. The molecule has 0 atom stereocenters. The summed E-state index contributed by atoms with van der Waals surface area (Å²) >= 11 is 5.85. The minimum atomic E-state index is -0.725. The number of ether oxygens (including phenoxy) is 1. The van der Waals surface area contributed by atoms with Crippen molar-refractivity contribution in [3.63, 3.8) is 0 Å². The average molecular weight is 375 g/mol. The second-order valence-electron chi connectivity index (χ2n) is 5.40. The van der Waals surface area contributed by atoms with Crippen molar-refractivity contribution in [3.8, 4) is 5.75 Å². The fourth-order valence-electron chi connectivity index (χ4n) is 2.51. The number of nitrogens with zero attached hydrogens (tertiary/aromatic N) is 2. The van der Waals surface area contributed by atoms with Crippen molar-refractivity contribution in [1.82, 2.24) is 4.90 Å². The van der Waals surface area contributed by atoms with Crippen LogP contribution in [-0.2, 0) is 4.79 Å². The van der Waals surface area contributed by atoms with Crippen molar-refractivity contribution in [1.29, 1.82) is 0 Å². The van der Waals surface area contributed by atoms with Crippen LogP contribution in [0.3, 0.4) is 0 Å². The van der Waals surface area contributed by atoms with Gasteiger partial charge in [-0.1, -0.05) is 23.7 Å². The number of carbonyl (C=O) groups excluding carboxylic acids is 3. The summed E-state index contributed by atoms with van der Waals surface area (Å²) in [6.07, 6.45) is -0.237. The van der Waals surface area contributed by atoms with Crippen LogP contribution in [0.1, 0.15) is 27.1 Å². The van der Waals surface area contributed by atoms with Crippen molar-refractivity contribution in [2.45, 2.75) is 6.42 Å². The number of amides is 2. The SMILES string of the molecule is O=C(CCN1C(=O)c2ccccc2C1=O)Oc1ccc([N+](=O)[O-])cc1Cl. The Kier molecular flexibility index (Phi) is 4.68. The molecule has 0 unspecified atom stereocenters. The van der Waals surface area contributed by atoms with Crippen molar-refractivity contribution in [2.75, 3.05) is 6.54 Å². The molecule has 0 aliphatic carbocycles. The molecule has 0 aromatic heterocycles. The number of benzene rings is 2. The summed E-state index contributed by atoms with van der Waals surface area (Å²) in [6.45, 7) is -0.143. The van der Waals surface area contributed by atoms with E-state index in [1.165, 1.54) is 6.07 Å². The third kappa shape index (κ3) is 3.27. The van der Waals surface area contributed by atoms with Crippen LogP contribution >= 0.6 is 11.6 Å². The monoisotopic (exact) mass is 374 g/mol. The first-order valence-electron chi connectivity index (χ1n) is 7.48. The van der Waals surface area contributed by atoms with Crippen molar-refractivity contribution >= 4 is 35.1 Å². The summed E-state index contributed by atoms with van der Waals surface area (Å²) in [5, 5.41) is 10.6. The molecule has 2 aromatic rings. The molecule has 3 rings (SSSR count). The van der Waals surface area contributed by atoms with Crippen LogP contribution in [0, 0.1) is 10.1 Å². The lowest BCUT2D eigenvalue weighted by molar-refractivity contribution is -0.384. The first-order valence-corrected chi connectivity index (χ1v) is 7.86. The first-order chi connectivity index (χ1) is 12.4. The van der Waals surface area contributed by atoms with Gasteiger partial charge in [-0.2, -0.15) is 0 Å². The summed E-state index contributed by atoms with van der Waals surface area (Å²) < 4.78 is 5.04. The van der Waals surface area contributed by atoms with Gasteiger partial charge >= 0.3 is 5.97 Å². The van der Waals surface area contributed by atoms with E-state index < -0.39 is 22.7 Å². The highest BCUT2D eigenvalue weighted by Gasteiger charge is 2.35. The molecule has 132 valence electrons. The molecule has 26 heavy (non-hydrogen) atoms. The number of nitro benzene ring substituents is 1. The molecule has 1 heterocycles. The molecule has 0 saturated carbocycles. The molecule has 0 saturated heterocycles. The van der Waals surface area contributed by atoms with Crippen molar-refractivity contribution in [3.05, 3.63) is 68.7 Å². The maximum atomic E-state index is 12.2. The fraction of sp³-hybridized carbons (Fsp3) is 0.118. The molecular formula is C17H11ClN2O6. The molecule has 1 aliphatic heterocycles. The summed E-state index contributed by atoms with van der Waals surface area (Å²) in [5.74, 6) is -1.69. The Morgan fingerprint density at radius 1 is 1.12 bits per heavy atom. The van der Waals surface area contributed by atoms with E-state index >= 15 is 0 Å². The van der Waals surface area contributed by atoms with Crippen molar-refractivity contribution in [2.24, 2.45) is 0 Å². The Morgan fingerprint density at radius 2 is 1.73 bits per heavy atom. The van der Waals surface area contributed by atoms with Gasteiger partial charge in [0.05, 0.1) is 27.5 Å². The second-order valence-corrected chi connectivity index (χ2v) is 5.81. The lowest BCUT2D eigenvalue weighted by Gasteiger charge is -2.13. The molecule has 9 heteroatoms. The number of hydrogen-bond donors (Lipinski definition) is 0. The Morgan fingerprint density at radius 3 is 2.27 bits per heavy atom. The first kappa shape index (κ1) is 17.6. The highest BCUT2D eigenvalue weighted by Crippen LogP contribution is 2.29. The van der Waals surface area contributed by atoms with Crippen LogP contribution in [-0.4, -0.2) is 34.2 Å². The maximum absolute atomic E-state index is 12.2. The van der Waals surface area contributed by atoms with Gasteiger partial charge in [-0.3, -0.25) is 29.4 Å². The second kappa shape index (κ2) is 6.93. The predicted molar refractivity (Wildman–Crippen MR) is 90.2 cm³/mol. The summed E-state index contributed by atoms with van der Waals surface area (Å²) in [4.78, 5) is 47.4. The molecule has 0 N–H and O–H groups in total. The van der Waals surface area contributed by atoms with Gasteiger partial charge in [0.1, 0.15) is 5.75 Å². The third-order valence-electron chi connectivity index (χ3n) is 3.77. The van der Waals surface area contributed by atoms with Crippen LogP contribution < -0.4 is 4.74 Å². The van der Waals surface area contributed by atoms with Gasteiger partial charge in [0.15, 0.2) is 0 Å². The van der Waals surface area contributed by atoms with Gasteiger partial charge in [0, 0.05) is 18.7 Å². The van der Waals surface area contributed by atoms with E-state index in [-0.39, 0.29) is 29.4 Å². The van der Waals surface area contributed by atoms with E-state index in [1.54, 1.807) is 24.3 Å². The smallest absolute Gasteiger partial charge is 0.313 e. The van der Waals surface area contributed by atoms with Gasteiger partial charge in [-0.05, 0) is 18.2 Å². The zero-order valence-corrected chi connectivity index (χ0v) is 13.9. The number of fused-ring (bicyclic) bond motifs is 1. The standard InChI is InChI=1S/C17H11ClN2O6/c18-13-9-10(20(24)25)5-6-14(13)26-15(21)7-8-19-16(22)11-3-1-2-4-12(11)17(19)23/h1-6,9H,7-8H2. The van der Waals surface area contributed by atoms with Gasteiger partial charge < -0.3 is 4.74 Å². The fourth-order valence-corrected chi connectivity index (χ4v) is 2.72. The number of esters is 1. The quantitative estimate of drug-likeness (QED) is 0.262. The number of hydrogen-bond acceptors (Lipinski definition) is 6. The molecule has 0 fully saturated rings. The van der Waals surface area contributed by atoms with Crippen LogP contribution in [0.25, 0.3) is 0 Å². The Hall–Kier alpha value is -3.26. The zero-order valence-electron chi connectivity index (χ0n) is 13.2. The van der Waals surface area contributed by atoms with Gasteiger partial charge in [0.25, 0.3) is 17.5 Å². The molecule has 2 aromatic carbocycles. The minimum absolute atomic E-state index is 0.0374. The maximum Gasteiger partial charge on any atom is 0.313 e. The Bertz CT molecular complexity index is 908. The highest BCUT2D eigenvalue weighted by molar-refractivity contribution is 6.32. The van der Waals surface area contributed by atoms with Crippen LogP contribution in [0.15, 0.2) is 42.5 Å². The van der Waals surface area contributed by atoms with E-state index in [4.69, 9.17) is 16.3 Å². The van der Waals surface area contributed by atoms with Crippen LogP contribution in [0.5, 0.6) is 5.75 Å². The molecule has 0 radical (unpaired) electrons. The predicted octanol–water partition coefficient (Wildman–Crippen LogP) is 2.84. The Labute approximate surface area is 152 Å². The molecular weight excluding hydrogens is 364 g/mol. The largest absolute Gasteiger partial charge is 0.425 e. The van der Waals surface area contributed by atoms with Crippen LogP contribution in [0.4, 0.5) is 5.69 Å². The summed E-state index contributed by atoms with van der Waals surface area (Å²) in [7, 11) is 0. The van der Waals surface area contributed by atoms with Gasteiger partial charge in [-0.25, -0.2) is 0 Å². The number of halogens is 1. The Balaban J connectivity index is 1.63. The number of nitro groups is 1. The number of rotatable bonds is 5. The lowest BCUT2D eigenvalue weighted by Crippen LogP contribution is -2.32. The lowest BCUT2D eigenvalue weighted by atomic mass is 10.1. The topological polar surface area (TPSA) is 107 Å². The van der Waals surface area contributed by atoms with E-state index in [0.29, 0.717) is 11.1 Å². The third-order valence-corrected chi connectivity index (χ3v) is 4.06. The number of carbonyl (C=O) groups is 3.